The first-order valence-corrected chi connectivity index (χ1v) is 10.6. The van der Waals surface area contributed by atoms with Crippen molar-refractivity contribution < 1.29 is 4.79 Å². The highest BCUT2D eigenvalue weighted by molar-refractivity contribution is 7.09. The highest BCUT2D eigenvalue weighted by Gasteiger charge is 2.12. The Morgan fingerprint density at radius 3 is 2.86 bits per heavy atom. The molecule has 150 valence electrons. The average molecular weight is 429 g/mol. The Morgan fingerprint density at radius 1 is 1.28 bits per heavy atom. The molecule has 0 unspecified atom stereocenters. The molecule has 0 aliphatic carbocycles. The third-order valence-electron chi connectivity index (χ3n) is 4.71. The number of fused-ring (bicyclic) bond motifs is 1. The molecule has 4 aromatic rings. The summed E-state index contributed by atoms with van der Waals surface area (Å²) in [5.74, 6) is 0.00433. The van der Waals surface area contributed by atoms with Crippen molar-refractivity contribution in [2.45, 2.75) is 26.3 Å². The molecule has 0 radical (unpaired) electrons. The summed E-state index contributed by atoms with van der Waals surface area (Å²) in [6.07, 6.45) is 2.87. The average Bonchev–Trinajstić information content (AvgIpc) is 3.39. The van der Waals surface area contributed by atoms with Crippen LogP contribution in [0.15, 0.2) is 35.8 Å². The third kappa shape index (κ3) is 4.33. The fraction of sp³-hybridized carbons (Fsp3) is 0.300. The molecule has 9 heteroatoms. The Labute approximate surface area is 177 Å². The number of carbonyl (C=O) groups excluding carboxylic acids is 1. The number of nitrogens with zero attached hydrogens (tertiary/aromatic N) is 5. The molecule has 0 spiro atoms. The van der Waals surface area contributed by atoms with Gasteiger partial charge in [-0.25, -0.2) is 4.98 Å². The zero-order valence-corrected chi connectivity index (χ0v) is 17.8. The van der Waals surface area contributed by atoms with Gasteiger partial charge in [-0.3, -0.25) is 14.2 Å². The van der Waals surface area contributed by atoms with Crippen molar-refractivity contribution in [1.29, 1.82) is 0 Å². The third-order valence-corrected chi connectivity index (χ3v) is 5.88. The number of aryl methyl sites for hydroxylation is 3. The van der Waals surface area contributed by atoms with Gasteiger partial charge in [-0.2, -0.15) is 10.2 Å². The smallest absolute Gasteiger partial charge is 0.221 e. The van der Waals surface area contributed by atoms with Crippen molar-refractivity contribution in [3.63, 3.8) is 0 Å². The number of thiazole rings is 1. The molecule has 0 saturated heterocycles. The molecule has 4 rings (SSSR count). The molecule has 3 aromatic heterocycles. The minimum atomic E-state index is 0.00433. The van der Waals surface area contributed by atoms with E-state index in [2.05, 4.69) is 20.5 Å². The van der Waals surface area contributed by atoms with Gasteiger partial charge in [0.25, 0.3) is 0 Å². The summed E-state index contributed by atoms with van der Waals surface area (Å²) in [6, 6.07) is 7.63. The van der Waals surface area contributed by atoms with Crippen molar-refractivity contribution >= 4 is 39.9 Å². The van der Waals surface area contributed by atoms with Crippen LogP contribution in [0.4, 0.5) is 0 Å². The minimum absolute atomic E-state index is 0.00433. The van der Waals surface area contributed by atoms with Gasteiger partial charge in [-0.15, -0.1) is 11.3 Å². The molecule has 0 aliphatic heterocycles. The number of halogens is 1. The summed E-state index contributed by atoms with van der Waals surface area (Å²) >= 11 is 7.53. The van der Waals surface area contributed by atoms with Crippen LogP contribution in [0.2, 0.25) is 5.02 Å². The molecule has 0 bridgehead atoms. The Bertz CT molecular complexity index is 1140. The lowest BCUT2D eigenvalue weighted by Crippen LogP contribution is -2.26. The van der Waals surface area contributed by atoms with Gasteiger partial charge in [-0.1, -0.05) is 23.7 Å². The SMILES string of the molecule is Cc1nn(C)c2cnn(CCC(=O)NCCc3nc(-c4ccc(Cl)cc4)cs3)c12. The molecule has 3 heterocycles. The summed E-state index contributed by atoms with van der Waals surface area (Å²) in [4.78, 5) is 16.9. The van der Waals surface area contributed by atoms with E-state index >= 15 is 0 Å². The van der Waals surface area contributed by atoms with E-state index in [0.717, 1.165) is 33.0 Å². The lowest BCUT2D eigenvalue weighted by Gasteiger charge is -2.05. The monoisotopic (exact) mass is 428 g/mol. The zero-order valence-electron chi connectivity index (χ0n) is 16.2. The van der Waals surface area contributed by atoms with Crippen LogP contribution in [0.5, 0.6) is 0 Å². The van der Waals surface area contributed by atoms with E-state index in [4.69, 9.17) is 11.6 Å². The maximum absolute atomic E-state index is 12.2. The molecule has 1 N–H and O–H groups in total. The fourth-order valence-electron chi connectivity index (χ4n) is 3.26. The van der Waals surface area contributed by atoms with Crippen LogP contribution in [0.25, 0.3) is 22.3 Å². The maximum atomic E-state index is 12.2. The molecule has 0 saturated carbocycles. The van der Waals surface area contributed by atoms with Crippen molar-refractivity contribution in [2.75, 3.05) is 6.54 Å². The van der Waals surface area contributed by atoms with Gasteiger partial charge in [0, 0.05) is 42.4 Å². The summed E-state index contributed by atoms with van der Waals surface area (Å²) in [6.45, 7) is 3.04. The first-order chi connectivity index (χ1) is 14.0. The van der Waals surface area contributed by atoms with E-state index in [1.54, 1.807) is 22.2 Å². The number of benzene rings is 1. The number of nitrogens with one attached hydrogen (secondary N) is 1. The predicted molar refractivity (Wildman–Crippen MR) is 115 cm³/mol. The lowest BCUT2D eigenvalue weighted by atomic mass is 10.2. The predicted octanol–water partition coefficient (Wildman–Crippen LogP) is 3.60. The molecule has 0 aliphatic rings. The number of rotatable bonds is 7. The van der Waals surface area contributed by atoms with E-state index in [-0.39, 0.29) is 5.91 Å². The van der Waals surface area contributed by atoms with Crippen molar-refractivity contribution in [3.05, 3.63) is 51.6 Å². The van der Waals surface area contributed by atoms with Gasteiger partial charge in [0.1, 0.15) is 11.0 Å². The van der Waals surface area contributed by atoms with Gasteiger partial charge in [0.2, 0.25) is 5.91 Å². The van der Waals surface area contributed by atoms with Crippen LogP contribution in [-0.2, 0) is 24.8 Å². The highest BCUT2D eigenvalue weighted by atomic mass is 35.5. The van der Waals surface area contributed by atoms with Crippen LogP contribution < -0.4 is 5.32 Å². The van der Waals surface area contributed by atoms with Crippen molar-refractivity contribution in [2.24, 2.45) is 7.05 Å². The summed E-state index contributed by atoms with van der Waals surface area (Å²) in [5, 5.41) is 15.5. The highest BCUT2D eigenvalue weighted by Crippen LogP contribution is 2.23. The number of amides is 1. The second-order valence-electron chi connectivity index (χ2n) is 6.79. The number of hydrogen-bond donors (Lipinski definition) is 1. The largest absolute Gasteiger partial charge is 0.356 e. The Balaban J connectivity index is 1.26. The molecule has 1 aromatic carbocycles. The van der Waals surface area contributed by atoms with E-state index in [0.29, 0.717) is 31.0 Å². The minimum Gasteiger partial charge on any atom is -0.356 e. The standard InChI is InChI=1S/C20H21ClN6OS/c1-13-20-17(26(2)25-13)11-23-27(20)10-8-18(28)22-9-7-19-24-16(12-29-19)14-3-5-15(21)6-4-14/h3-6,11-12H,7-10H2,1-2H3,(H,22,28). The van der Waals surface area contributed by atoms with Crippen LogP contribution in [0.1, 0.15) is 17.1 Å². The Morgan fingerprint density at radius 2 is 2.07 bits per heavy atom. The van der Waals surface area contributed by atoms with Crippen molar-refractivity contribution in [1.82, 2.24) is 29.9 Å². The van der Waals surface area contributed by atoms with Crippen LogP contribution in [0, 0.1) is 6.92 Å². The van der Waals surface area contributed by atoms with E-state index in [1.165, 1.54) is 0 Å². The summed E-state index contributed by atoms with van der Waals surface area (Å²) < 4.78 is 3.65. The second kappa shape index (κ2) is 8.34. The topological polar surface area (TPSA) is 77.6 Å². The van der Waals surface area contributed by atoms with Crippen LogP contribution >= 0.6 is 22.9 Å². The molecule has 0 atom stereocenters. The number of hydrogen-bond acceptors (Lipinski definition) is 5. The lowest BCUT2D eigenvalue weighted by molar-refractivity contribution is -0.121. The van der Waals surface area contributed by atoms with Gasteiger partial charge < -0.3 is 5.32 Å². The van der Waals surface area contributed by atoms with E-state index < -0.39 is 0 Å². The quantitative estimate of drug-likeness (QED) is 0.487. The number of carbonyl (C=O) groups is 1. The molecular formula is C20H21ClN6OS. The normalized spacial score (nSPS) is 11.3. The molecular weight excluding hydrogens is 408 g/mol. The van der Waals surface area contributed by atoms with Gasteiger partial charge >= 0.3 is 0 Å². The first kappa shape index (κ1) is 19.6. The van der Waals surface area contributed by atoms with E-state index in [1.807, 2.05) is 48.3 Å². The van der Waals surface area contributed by atoms with Crippen molar-refractivity contribution in [3.8, 4) is 11.3 Å². The molecule has 7 nitrogen and oxygen atoms in total. The molecule has 0 fully saturated rings. The second-order valence-corrected chi connectivity index (χ2v) is 8.17. The summed E-state index contributed by atoms with van der Waals surface area (Å²) in [5.41, 5.74) is 4.85. The Hall–Kier alpha value is -2.71. The maximum Gasteiger partial charge on any atom is 0.221 e. The van der Waals surface area contributed by atoms with Gasteiger partial charge in [-0.05, 0) is 19.1 Å². The van der Waals surface area contributed by atoms with Crippen LogP contribution in [-0.4, -0.2) is 37.0 Å². The first-order valence-electron chi connectivity index (χ1n) is 9.33. The number of aromatic nitrogens is 5. The van der Waals surface area contributed by atoms with Gasteiger partial charge in [0.15, 0.2) is 0 Å². The van der Waals surface area contributed by atoms with E-state index in [9.17, 15) is 4.79 Å². The zero-order chi connectivity index (χ0) is 20.4. The molecule has 29 heavy (non-hydrogen) atoms. The summed E-state index contributed by atoms with van der Waals surface area (Å²) in [7, 11) is 1.89. The van der Waals surface area contributed by atoms with Crippen LogP contribution in [0.3, 0.4) is 0 Å². The van der Waals surface area contributed by atoms with Gasteiger partial charge in [0.05, 0.1) is 29.1 Å². The molecule has 1 amide bonds. The Kier molecular flexibility index (Phi) is 5.64. The fourth-order valence-corrected chi connectivity index (χ4v) is 4.20.